The molecule has 6 aliphatic heterocycles. The Labute approximate surface area is 291 Å². The predicted octanol–water partition coefficient (Wildman–Crippen LogP) is 7.80. The smallest absolute Gasteiger partial charge is 0.313 e. The average Bonchev–Trinajstić information content (AvgIpc) is 3.67. The number of carbonyl (C=O) groups excluding carboxylic acids is 1. The molecule has 0 amide bonds. The van der Waals surface area contributed by atoms with Crippen molar-refractivity contribution in [1.82, 2.24) is 20.2 Å². The molecule has 0 bridgehead atoms. The zero-order valence-electron chi connectivity index (χ0n) is 30.8. The van der Waals surface area contributed by atoms with Crippen LogP contribution in [-0.4, -0.2) is 92.4 Å². The van der Waals surface area contributed by atoms with Gasteiger partial charge in [0.2, 0.25) is 5.96 Å². The first-order valence-corrected chi connectivity index (χ1v) is 20.5. The summed E-state index contributed by atoms with van der Waals surface area (Å²) in [6.45, 7) is 8.58. The highest BCUT2D eigenvalue weighted by Crippen LogP contribution is 2.41. The van der Waals surface area contributed by atoms with Crippen LogP contribution in [0.4, 0.5) is 0 Å². The Morgan fingerprint density at radius 2 is 1.48 bits per heavy atom. The van der Waals surface area contributed by atoms with E-state index in [9.17, 15) is 10.0 Å². The second kappa shape index (κ2) is 16.8. The third-order valence-electron chi connectivity index (χ3n) is 12.8. The van der Waals surface area contributed by atoms with Crippen LogP contribution in [0.5, 0.6) is 0 Å². The minimum Gasteiger partial charge on any atom is -0.462 e. The summed E-state index contributed by atoms with van der Waals surface area (Å²) >= 11 is 0. The van der Waals surface area contributed by atoms with Gasteiger partial charge in [-0.25, -0.2) is 15.0 Å². The molecule has 9 heteroatoms. The molecule has 0 aliphatic carbocycles. The molecule has 0 radical (unpaired) electrons. The Bertz CT molecular complexity index is 1120. The lowest BCUT2D eigenvalue weighted by Crippen LogP contribution is -2.63. The predicted molar refractivity (Wildman–Crippen MR) is 193 cm³/mol. The monoisotopic (exact) mass is 669 g/mol. The van der Waals surface area contributed by atoms with Crippen LogP contribution < -0.4 is 5.32 Å². The lowest BCUT2D eigenvalue weighted by Gasteiger charge is -2.47. The van der Waals surface area contributed by atoms with Crippen LogP contribution >= 0.6 is 0 Å². The Morgan fingerprint density at radius 3 is 2.25 bits per heavy atom. The minimum absolute atomic E-state index is 0.0382. The van der Waals surface area contributed by atoms with Crippen molar-refractivity contribution in [2.24, 2.45) is 15.9 Å². The van der Waals surface area contributed by atoms with Crippen molar-refractivity contribution in [3.05, 3.63) is 0 Å². The molecule has 48 heavy (non-hydrogen) atoms. The summed E-state index contributed by atoms with van der Waals surface area (Å²) in [5.74, 6) is 1.70. The maximum absolute atomic E-state index is 13.5. The number of nitrogens with one attached hydrogen (secondary N) is 1. The molecule has 2 N–H and O–H groups in total. The molecule has 0 aromatic carbocycles. The normalized spacial score (nSPS) is 34.3. The highest BCUT2D eigenvalue weighted by molar-refractivity contribution is 5.86. The largest absolute Gasteiger partial charge is 0.462 e. The van der Waals surface area contributed by atoms with E-state index in [1.807, 2.05) is 0 Å². The van der Waals surface area contributed by atoms with Gasteiger partial charge in [0.05, 0.1) is 30.1 Å². The first-order valence-electron chi connectivity index (χ1n) is 20.5. The molecular weight excluding hydrogens is 600 g/mol. The molecule has 4 fully saturated rings. The molecule has 6 aliphatic rings. The number of hydrogen-bond acceptors (Lipinski definition) is 9. The lowest BCUT2D eigenvalue weighted by atomic mass is 9.89. The van der Waals surface area contributed by atoms with Crippen molar-refractivity contribution < 1.29 is 14.7 Å². The van der Waals surface area contributed by atoms with Gasteiger partial charge in [0.25, 0.3) is 0 Å². The second-order valence-corrected chi connectivity index (χ2v) is 16.5. The Kier molecular flexibility index (Phi) is 12.5. The number of nitrogens with zero attached hydrogens (tertiary/aromatic N) is 5. The highest BCUT2D eigenvalue weighted by atomic mass is 16.5. The Balaban J connectivity index is 0.866. The van der Waals surface area contributed by atoms with Gasteiger partial charge in [-0.1, -0.05) is 77.6 Å². The van der Waals surface area contributed by atoms with E-state index in [2.05, 4.69) is 42.8 Å². The van der Waals surface area contributed by atoms with Crippen molar-refractivity contribution in [3.63, 3.8) is 0 Å². The van der Waals surface area contributed by atoms with Crippen LogP contribution in [0.15, 0.2) is 9.98 Å². The van der Waals surface area contributed by atoms with Gasteiger partial charge < -0.3 is 19.9 Å². The minimum atomic E-state index is -0.164. The van der Waals surface area contributed by atoms with Crippen molar-refractivity contribution in [2.75, 3.05) is 0 Å². The number of esters is 1. The zero-order valence-corrected chi connectivity index (χ0v) is 30.8. The zero-order chi connectivity index (χ0) is 33.6. The third kappa shape index (κ3) is 8.29. The molecule has 0 spiro atoms. The summed E-state index contributed by atoms with van der Waals surface area (Å²) in [5.41, 5.74) is 0. The third-order valence-corrected chi connectivity index (χ3v) is 12.8. The van der Waals surface area contributed by atoms with Crippen molar-refractivity contribution in [1.29, 1.82) is 0 Å². The molecule has 6 heterocycles. The van der Waals surface area contributed by atoms with Gasteiger partial charge in [-0.3, -0.25) is 10.0 Å². The van der Waals surface area contributed by atoms with Gasteiger partial charge in [-0.15, -0.1) is 0 Å². The van der Waals surface area contributed by atoms with Crippen LogP contribution in [0.2, 0.25) is 0 Å². The molecule has 6 rings (SSSR count). The number of aliphatic imine (C=N–C) groups is 2. The number of unbranched alkanes of at least 4 members (excludes halogenated alkanes) is 10. The fraction of sp³-hybridized carbons (Fsp3) is 0.923. The fourth-order valence-corrected chi connectivity index (χ4v) is 10.1. The van der Waals surface area contributed by atoms with Gasteiger partial charge in [0, 0.05) is 30.2 Å². The molecule has 0 unspecified atom stereocenters. The Morgan fingerprint density at radius 1 is 0.833 bits per heavy atom. The first-order chi connectivity index (χ1) is 23.3. The molecule has 0 aromatic heterocycles. The van der Waals surface area contributed by atoms with E-state index in [1.54, 1.807) is 0 Å². The summed E-state index contributed by atoms with van der Waals surface area (Å²) in [6, 6.07) is 2.85. The van der Waals surface area contributed by atoms with E-state index in [4.69, 9.17) is 14.7 Å². The van der Waals surface area contributed by atoms with Crippen LogP contribution in [-0.2, 0) is 9.53 Å². The van der Waals surface area contributed by atoms with Crippen LogP contribution in [0.1, 0.15) is 169 Å². The van der Waals surface area contributed by atoms with Crippen LogP contribution in [0.25, 0.3) is 0 Å². The SMILES string of the molecule is CCCCCCCCC[C@H]1C[C@H]2CC[C@@H]3[C@H](C(=O)O[C@H](C)CCCCCCC[C@H]4C[C@H]5CC[C@@H]6C[C@H](C)N(O)C(=N4)N56)[C@H](C)N=C(N1)N23. The highest BCUT2D eigenvalue weighted by Gasteiger charge is 2.51. The van der Waals surface area contributed by atoms with Gasteiger partial charge in [0.1, 0.15) is 0 Å². The molecular formula is C39H68N6O3. The van der Waals surface area contributed by atoms with E-state index < -0.39 is 0 Å². The number of guanidine groups is 2. The van der Waals surface area contributed by atoms with E-state index >= 15 is 0 Å². The summed E-state index contributed by atoms with van der Waals surface area (Å²) in [4.78, 5) is 28.5. The van der Waals surface area contributed by atoms with Gasteiger partial charge in [-0.2, -0.15) is 0 Å². The number of hydrogen-bond donors (Lipinski definition) is 2. The fourth-order valence-electron chi connectivity index (χ4n) is 10.1. The van der Waals surface area contributed by atoms with E-state index in [0.717, 1.165) is 56.9 Å². The van der Waals surface area contributed by atoms with Gasteiger partial charge in [0.15, 0.2) is 5.96 Å². The summed E-state index contributed by atoms with van der Waals surface area (Å²) in [5, 5.41) is 15.9. The van der Waals surface area contributed by atoms with Crippen molar-refractivity contribution in [3.8, 4) is 0 Å². The quantitative estimate of drug-likeness (QED) is 0.114. The van der Waals surface area contributed by atoms with Crippen LogP contribution in [0, 0.1) is 5.92 Å². The van der Waals surface area contributed by atoms with E-state index in [-0.39, 0.29) is 36.1 Å². The molecule has 9 nitrogen and oxygen atoms in total. The topological polar surface area (TPSA) is 93.0 Å². The standard InChI is InChI=1S/C39H68N6O3/c1-5-6-7-8-9-12-15-18-30-25-34-22-23-35-36(29(4)40-38(41-30)44(34)35)37(46)48-28(3)17-14-11-10-13-16-19-31-26-33-21-20-32-24-27(2)45(47)39(42-31)43(32)33/h27-36,47H,5-26H2,1-4H3,(H,40,41)/t27-,28+,29-,30-,31-,32+,33+,34+,35+,36+/m0/s1. The average molecular weight is 669 g/mol. The van der Waals surface area contributed by atoms with Gasteiger partial charge >= 0.3 is 5.97 Å². The number of ether oxygens (including phenoxy) is 1. The second-order valence-electron chi connectivity index (χ2n) is 16.5. The van der Waals surface area contributed by atoms with Crippen molar-refractivity contribution in [2.45, 2.75) is 223 Å². The van der Waals surface area contributed by atoms with E-state index in [1.165, 1.54) is 101 Å². The maximum atomic E-state index is 13.5. The molecule has 10 atom stereocenters. The summed E-state index contributed by atoms with van der Waals surface area (Å²) < 4.78 is 6.10. The number of rotatable bonds is 18. The molecule has 0 aromatic rings. The Hall–Kier alpha value is -2.03. The molecule has 4 saturated heterocycles. The summed E-state index contributed by atoms with van der Waals surface area (Å²) in [7, 11) is 0. The lowest BCUT2D eigenvalue weighted by molar-refractivity contribution is -0.156. The summed E-state index contributed by atoms with van der Waals surface area (Å²) in [6.07, 6.45) is 26.7. The number of hydroxylamine groups is 2. The van der Waals surface area contributed by atoms with Gasteiger partial charge in [-0.05, 0) is 91.4 Å². The molecule has 0 saturated carbocycles. The maximum Gasteiger partial charge on any atom is 0.313 e. The molecule has 272 valence electrons. The first kappa shape index (κ1) is 35.8. The van der Waals surface area contributed by atoms with Crippen LogP contribution in [0.3, 0.4) is 0 Å². The van der Waals surface area contributed by atoms with Crippen molar-refractivity contribution >= 4 is 17.9 Å². The van der Waals surface area contributed by atoms with E-state index in [0.29, 0.717) is 30.2 Å². The number of carbonyl (C=O) groups is 1.